The van der Waals surface area contributed by atoms with Crippen LogP contribution in [0, 0.1) is 18.8 Å². The Hall–Kier alpha value is -2.74. The smallest absolute Gasteiger partial charge is 0.276 e. The first-order valence-electron chi connectivity index (χ1n) is 18.0. The molecule has 2 N–H and O–H groups in total. The fourth-order valence-corrected chi connectivity index (χ4v) is 7.18. The van der Waals surface area contributed by atoms with E-state index in [2.05, 4.69) is 26.3 Å². The second-order valence-corrected chi connectivity index (χ2v) is 14.7. The summed E-state index contributed by atoms with van der Waals surface area (Å²) in [5.74, 6) is 2.91. The first kappa shape index (κ1) is 39.1. The van der Waals surface area contributed by atoms with Gasteiger partial charge in [-0.05, 0) is 100 Å². The van der Waals surface area contributed by atoms with Crippen LogP contribution in [0.25, 0.3) is 0 Å². The number of carbonyl (C=O) groups is 1. The summed E-state index contributed by atoms with van der Waals surface area (Å²) in [6, 6.07) is 10.8. The number of nitrogens with one attached hydrogen (secondary N) is 2. The number of hydrogen-bond acceptors (Lipinski definition) is 10. The zero-order chi connectivity index (χ0) is 34.6. The molecule has 0 radical (unpaired) electrons. The maximum Gasteiger partial charge on any atom is 0.276 e. The molecule has 0 spiro atoms. The van der Waals surface area contributed by atoms with E-state index in [1.165, 1.54) is 44.3 Å². The quantitative estimate of drug-likeness (QED) is 0.404. The van der Waals surface area contributed by atoms with Crippen molar-refractivity contribution in [3.05, 3.63) is 59.9 Å². The number of aromatic nitrogens is 1. The average molecular weight is 701 g/mol. The van der Waals surface area contributed by atoms with Gasteiger partial charge in [0.25, 0.3) is 10.0 Å². The highest BCUT2D eigenvalue weighted by Gasteiger charge is 2.25. The topological polar surface area (TPSA) is 137 Å². The van der Waals surface area contributed by atoms with E-state index in [1.807, 2.05) is 25.4 Å². The lowest BCUT2D eigenvalue weighted by atomic mass is 9.81. The predicted molar refractivity (Wildman–Crippen MR) is 190 cm³/mol. The van der Waals surface area contributed by atoms with Crippen molar-refractivity contribution in [1.29, 1.82) is 0 Å². The first-order chi connectivity index (χ1) is 23.9. The van der Waals surface area contributed by atoms with Crippen LogP contribution in [0.15, 0.2) is 58.8 Å². The third-order valence-electron chi connectivity index (χ3n) is 9.42. The zero-order valence-corrected chi connectivity index (χ0v) is 30.0. The van der Waals surface area contributed by atoms with Crippen molar-refractivity contribution in [2.24, 2.45) is 16.9 Å². The number of aryl methyl sites for hydroxylation is 1. The molecule has 0 bridgehead atoms. The molecule has 11 nitrogen and oxygen atoms in total. The van der Waals surface area contributed by atoms with Crippen LogP contribution in [0.2, 0.25) is 0 Å². The Kier molecular flexibility index (Phi) is 17.7. The van der Waals surface area contributed by atoms with Gasteiger partial charge < -0.3 is 24.3 Å². The molecule has 1 unspecified atom stereocenters. The Labute approximate surface area is 293 Å². The molecule has 5 aliphatic heterocycles. The fraction of sp³-hybridized carbons (Fsp3) is 0.649. The molecule has 1 aromatic carbocycles. The van der Waals surface area contributed by atoms with Crippen molar-refractivity contribution >= 4 is 21.5 Å². The Bertz CT molecular complexity index is 1310. The number of piperidine rings is 1. The predicted octanol–water partition coefficient (Wildman–Crippen LogP) is 5.19. The van der Waals surface area contributed by atoms with Crippen molar-refractivity contribution in [3.8, 4) is 0 Å². The molecule has 5 aliphatic rings. The number of nitrogens with zero attached hydrogens (tertiary/aromatic N) is 2. The summed E-state index contributed by atoms with van der Waals surface area (Å²) in [6.07, 6.45) is 14.1. The van der Waals surface area contributed by atoms with E-state index in [9.17, 15) is 13.2 Å². The molecule has 49 heavy (non-hydrogen) atoms. The van der Waals surface area contributed by atoms with Gasteiger partial charge in [0, 0.05) is 70.2 Å². The molecule has 0 amide bonds. The number of benzene rings is 1. The average Bonchev–Trinajstić information content (AvgIpc) is 3.17. The standard InChI is InChI=1S/C12H16N2O3S.C10H19NO.C10H13NO.C5H8O2/c1-10-2-4-12(5-3-10)18(15,16)14-13-11-6-8-17-9-7-11;2*1-2-10(8-11-5-1)9-3-6-12-7-4-9;6-5-1-3-7-4-2-5/h2-5,14H,6-9H2,1H3;9-11H,1-8H2;1-2,5,8-9H,3-4,6-7H2;1-4H2. The van der Waals surface area contributed by atoms with E-state index >= 15 is 0 Å². The number of rotatable bonds is 5. The third-order valence-corrected chi connectivity index (χ3v) is 10.6. The van der Waals surface area contributed by atoms with Crippen molar-refractivity contribution in [1.82, 2.24) is 15.1 Å². The second kappa shape index (κ2) is 22.2. The Morgan fingerprint density at radius 1 is 0.776 bits per heavy atom. The molecule has 272 valence electrons. The lowest BCUT2D eigenvalue weighted by Crippen LogP contribution is -2.36. The van der Waals surface area contributed by atoms with Gasteiger partial charge >= 0.3 is 0 Å². The summed E-state index contributed by atoms with van der Waals surface area (Å²) in [5.41, 5.74) is 3.21. The van der Waals surface area contributed by atoms with Crippen LogP contribution in [-0.4, -0.2) is 90.8 Å². The van der Waals surface area contributed by atoms with Gasteiger partial charge in [-0.3, -0.25) is 9.78 Å². The van der Waals surface area contributed by atoms with Crippen molar-refractivity contribution in [3.63, 3.8) is 0 Å². The minimum absolute atomic E-state index is 0.226. The van der Waals surface area contributed by atoms with Gasteiger partial charge in [-0.25, -0.2) is 4.83 Å². The van der Waals surface area contributed by atoms with Gasteiger partial charge in [-0.15, -0.1) is 0 Å². The van der Waals surface area contributed by atoms with E-state index in [4.69, 9.17) is 18.9 Å². The molecule has 5 fully saturated rings. The number of pyridine rings is 1. The van der Waals surface area contributed by atoms with Gasteiger partial charge in [-0.1, -0.05) is 23.8 Å². The summed E-state index contributed by atoms with van der Waals surface area (Å²) in [6.45, 7) is 10.7. The summed E-state index contributed by atoms with van der Waals surface area (Å²) >= 11 is 0. The molecule has 5 saturated heterocycles. The summed E-state index contributed by atoms with van der Waals surface area (Å²) in [4.78, 5) is 17.0. The summed E-state index contributed by atoms with van der Waals surface area (Å²) in [7, 11) is -3.55. The largest absolute Gasteiger partial charge is 0.381 e. The number of ketones is 1. The monoisotopic (exact) mass is 700 g/mol. The number of sulfonamides is 1. The van der Waals surface area contributed by atoms with Crippen LogP contribution in [0.5, 0.6) is 0 Å². The SMILES string of the molecule is C1CNCC(C2CCOCC2)C1.Cc1ccc(S(=O)(=O)NN=C2CCOCC2)cc1.O=C1CCOCC1.c1cncc(C2CCOCC2)c1. The molecule has 1 aromatic heterocycles. The maximum absolute atomic E-state index is 11.9. The maximum atomic E-state index is 11.9. The zero-order valence-electron chi connectivity index (χ0n) is 29.2. The summed E-state index contributed by atoms with van der Waals surface area (Å²) < 4.78 is 44.6. The number of hydrogen-bond donors (Lipinski definition) is 2. The lowest BCUT2D eigenvalue weighted by Gasteiger charge is -2.33. The number of carbonyl (C=O) groups excluding carboxylic acids is 1. The van der Waals surface area contributed by atoms with Gasteiger partial charge in [0.1, 0.15) is 5.78 Å². The van der Waals surface area contributed by atoms with Crippen LogP contribution in [0.1, 0.15) is 81.3 Å². The highest BCUT2D eigenvalue weighted by Crippen LogP contribution is 2.28. The van der Waals surface area contributed by atoms with Gasteiger partial charge in [0.05, 0.1) is 31.3 Å². The second-order valence-electron chi connectivity index (χ2n) is 13.1. The third kappa shape index (κ3) is 15.0. The van der Waals surface area contributed by atoms with Crippen LogP contribution in [0.4, 0.5) is 0 Å². The molecule has 12 heteroatoms. The minimum Gasteiger partial charge on any atom is -0.381 e. The molecule has 6 heterocycles. The lowest BCUT2D eigenvalue weighted by molar-refractivity contribution is -0.124. The van der Waals surface area contributed by atoms with Crippen LogP contribution in [-0.2, 0) is 33.8 Å². The fourth-order valence-electron chi connectivity index (χ4n) is 6.33. The Balaban J connectivity index is 0.000000154. The van der Waals surface area contributed by atoms with E-state index in [0.29, 0.717) is 63.8 Å². The van der Waals surface area contributed by atoms with Gasteiger partial charge in [0.2, 0.25) is 0 Å². The van der Waals surface area contributed by atoms with Gasteiger partial charge in [0.15, 0.2) is 0 Å². The normalized spacial score (nSPS) is 22.2. The van der Waals surface area contributed by atoms with Crippen LogP contribution < -0.4 is 10.1 Å². The molecular weight excluding hydrogens is 644 g/mol. The van der Waals surface area contributed by atoms with Crippen molar-refractivity contribution in [2.75, 3.05) is 65.9 Å². The Morgan fingerprint density at radius 3 is 1.94 bits per heavy atom. The number of ether oxygens (including phenoxy) is 4. The molecule has 7 rings (SSSR count). The molecule has 0 aliphatic carbocycles. The van der Waals surface area contributed by atoms with Crippen LogP contribution in [0.3, 0.4) is 0 Å². The van der Waals surface area contributed by atoms with Crippen molar-refractivity contribution < 1.29 is 32.2 Å². The minimum atomic E-state index is -3.55. The van der Waals surface area contributed by atoms with E-state index in [1.54, 1.807) is 24.3 Å². The van der Waals surface area contributed by atoms with E-state index in [-0.39, 0.29) is 4.90 Å². The van der Waals surface area contributed by atoms with Crippen LogP contribution >= 0.6 is 0 Å². The first-order valence-corrected chi connectivity index (χ1v) is 19.5. The molecule has 2 aromatic rings. The van der Waals surface area contributed by atoms with E-state index < -0.39 is 10.0 Å². The molecule has 0 saturated carbocycles. The molecule has 1 atom stereocenters. The Morgan fingerprint density at radius 2 is 1.39 bits per heavy atom. The summed E-state index contributed by atoms with van der Waals surface area (Å²) in [5, 5.41) is 7.44. The number of hydrazone groups is 1. The number of Topliss-reactive ketones (excluding diaryl/α,β-unsaturated/α-hetero) is 1. The van der Waals surface area contributed by atoms with E-state index in [0.717, 1.165) is 62.4 Å². The van der Waals surface area contributed by atoms with Crippen molar-refractivity contribution in [2.45, 2.75) is 81.9 Å². The highest BCUT2D eigenvalue weighted by molar-refractivity contribution is 7.89. The van der Waals surface area contributed by atoms with Gasteiger partial charge in [-0.2, -0.15) is 13.5 Å². The molecular formula is C37H56N4O7S. The highest BCUT2D eigenvalue weighted by atomic mass is 32.2.